The predicted molar refractivity (Wildman–Crippen MR) is 138 cm³/mol. The number of anilines is 1. The average molecular weight is 520 g/mol. The predicted octanol–water partition coefficient (Wildman–Crippen LogP) is 3.19. The summed E-state index contributed by atoms with van der Waals surface area (Å²) in [7, 11) is -2.09. The minimum atomic E-state index is -4.02. The number of pyridine rings is 1. The summed E-state index contributed by atoms with van der Waals surface area (Å²) in [5.74, 6) is 0.515. The van der Waals surface area contributed by atoms with Gasteiger partial charge in [-0.1, -0.05) is 18.2 Å². The highest BCUT2D eigenvalue weighted by Gasteiger charge is 2.39. The van der Waals surface area contributed by atoms with Gasteiger partial charge in [0.2, 0.25) is 10.0 Å². The number of nitrogens with zero attached hydrogens (tertiary/aromatic N) is 2. The van der Waals surface area contributed by atoms with Gasteiger partial charge >= 0.3 is 0 Å². The number of sulfonamides is 1. The van der Waals surface area contributed by atoms with Crippen molar-refractivity contribution in [3.63, 3.8) is 0 Å². The standard InChI is InChI=1S/C25H29N3O5S.ClH/c1-16-5-3-6-17-13-18(25(30)26-24(16)17)15-28(20-7-4-8-22(20)29)34(31,32)19-9-10-21-23(14-19)33-12-11-27(21)2;/h3,5-6,9-10,13-14,20,22,29H,4,7-8,11-12,15H2,1-2H3,(H,26,30);1H/t20-,22-;/m1./s1. The molecule has 188 valence electrons. The molecule has 0 bridgehead atoms. The van der Waals surface area contributed by atoms with E-state index in [0.29, 0.717) is 30.8 Å². The van der Waals surface area contributed by atoms with Crippen LogP contribution >= 0.6 is 12.4 Å². The van der Waals surface area contributed by atoms with Crippen LogP contribution in [0, 0.1) is 6.92 Å². The molecule has 0 saturated heterocycles. The minimum Gasteiger partial charge on any atom is -0.490 e. The molecule has 1 aliphatic carbocycles. The lowest BCUT2D eigenvalue weighted by Gasteiger charge is -2.31. The van der Waals surface area contributed by atoms with Gasteiger partial charge in [0.1, 0.15) is 12.4 Å². The number of aryl methyl sites for hydroxylation is 1. The molecule has 8 nitrogen and oxygen atoms in total. The van der Waals surface area contributed by atoms with Gasteiger partial charge in [-0.05, 0) is 55.3 Å². The lowest BCUT2D eigenvalue weighted by atomic mass is 10.1. The molecule has 0 spiro atoms. The Balaban J connectivity index is 0.00000289. The molecular weight excluding hydrogens is 490 g/mol. The number of aliphatic hydroxyl groups is 1. The number of rotatable bonds is 5. The Morgan fingerprint density at radius 2 is 2.00 bits per heavy atom. The highest BCUT2D eigenvalue weighted by Crippen LogP contribution is 2.36. The van der Waals surface area contributed by atoms with Crippen LogP contribution in [0.15, 0.2) is 52.2 Å². The number of aromatic amines is 1. The maximum atomic E-state index is 13.9. The Morgan fingerprint density at radius 3 is 2.74 bits per heavy atom. The summed E-state index contributed by atoms with van der Waals surface area (Å²) >= 11 is 0. The summed E-state index contributed by atoms with van der Waals surface area (Å²) in [4.78, 5) is 18.0. The highest BCUT2D eigenvalue weighted by molar-refractivity contribution is 7.89. The van der Waals surface area contributed by atoms with Crippen LogP contribution in [0.2, 0.25) is 0 Å². The maximum Gasteiger partial charge on any atom is 0.252 e. The van der Waals surface area contributed by atoms with Gasteiger partial charge in [-0.25, -0.2) is 8.42 Å². The van der Waals surface area contributed by atoms with Crippen molar-refractivity contribution in [1.29, 1.82) is 0 Å². The lowest BCUT2D eigenvalue weighted by Crippen LogP contribution is -2.44. The second-order valence-electron chi connectivity index (χ2n) is 9.18. The van der Waals surface area contributed by atoms with Gasteiger partial charge in [-0.3, -0.25) is 4.79 Å². The van der Waals surface area contributed by atoms with Crippen molar-refractivity contribution in [2.75, 3.05) is 25.1 Å². The third-order valence-corrected chi connectivity index (χ3v) is 8.81. The fraction of sp³-hybridized carbons (Fsp3) is 0.400. The molecule has 1 saturated carbocycles. The van der Waals surface area contributed by atoms with E-state index in [-0.39, 0.29) is 29.4 Å². The number of H-pyrrole nitrogens is 1. The summed E-state index contributed by atoms with van der Waals surface area (Å²) < 4.78 is 34.8. The molecule has 3 aromatic rings. The number of benzene rings is 2. The molecule has 2 aromatic carbocycles. The molecule has 2 N–H and O–H groups in total. The molecule has 2 heterocycles. The monoisotopic (exact) mass is 519 g/mol. The largest absolute Gasteiger partial charge is 0.490 e. The van der Waals surface area contributed by atoms with Gasteiger partial charge in [-0.15, -0.1) is 12.4 Å². The number of halogens is 1. The molecule has 5 rings (SSSR count). The van der Waals surface area contributed by atoms with Crippen molar-refractivity contribution in [3.8, 4) is 5.75 Å². The third-order valence-electron chi connectivity index (χ3n) is 6.94. The number of fused-ring (bicyclic) bond motifs is 2. The van der Waals surface area contributed by atoms with Gasteiger partial charge in [0.05, 0.1) is 34.8 Å². The lowest BCUT2D eigenvalue weighted by molar-refractivity contribution is 0.110. The first-order valence-corrected chi connectivity index (χ1v) is 13.0. The van der Waals surface area contributed by atoms with E-state index >= 15 is 0 Å². The molecule has 0 radical (unpaired) electrons. The number of aliphatic hydroxyl groups excluding tert-OH is 1. The number of hydrogen-bond donors (Lipinski definition) is 2. The highest BCUT2D eigenvalue weighted by atomic mass is 35.5. The SMILES string of the molecule is Cc1cccc2cc(CN([C@@H]3CCC[C@H]3O)S(=O)(=O)c3ccc4c(c3)OCCN4C)c(=O)[nH]c12.Cl. The summed E-state index contributed by atoms with van der Waals surface area (Å²) in [5.41, 5.74) is 2.52. The molecule has 0 unspecified atom stereocenters. The molecule has 2 atom stereocenters. The molecule has 35 heavy (non-hydrogen) atoms. The molecule has 10 heteroatoms. The number of ether oxygens (including phenoxy) is 1. The van der Waals surface area contributed by atoms with E-state index in [1.807, 2.05) is 37.1 Å². The Labute approximate surface area is 211 Å². The van der Waals surface area contributed by atoms with Crippen molar-refractivity contribution >= 4 is 39.0 Å². The second kappa shape index (κ2) is 9.81. The molecule has 1 aromatic heterocycles. The average Bonchev–Trinajstić information content (AvgIpc) is 3.23. The van der Waals surface area contributed by atoms with Crippen molar-refractivity contribution in [1.82, 2.24) is 9.29 Å². The Hall–Kier alpha value is -2.59. The van der Waals surface area contributed by atoms with E-state index in [4.69, 9.17) is 4.74 Å². The first-order valence-electron chi connectivity index (χ1n) is 11.5. The van der Waals surface area contributed by atoms with Crippen molar-refractivity contribution in [2.24, 2.45) is 0 Å². The zero-order valence-electron chi connectivity index (χ0n) is 19.7. The van der Waals surface area contributed by atoms with E-state index < -0.39 is 22.2 Å². The van der Waals surface area contributed by atoms with Crippen LogP contribution in [-0.4, -0.2) is 55.2 Å². The quantitative estimate of drug-likeness (QED) is 0.536. The van der Waals surface area contributed by atoms with Crippen LogP contribution in [-0.2, 0) is 16.6 Å². The fourth-order valence-corrected chi connectivity index (χ4v) is 6.66. The van der Waals surface area contributed by atoms with Gasteiger partial charge in [0, 0.05) is 25.2 Å². The van der Waals surface area contributed by atoms with E-state index in [1.165, 1.54) is 4.31 Å². The van der Waals surface area contributed by atoms with Crippen LogP contribution < -0.4 is 15.2 Å². The van der Waals surface area contributed by atoms with Crippen molar-refractivity contribution < 1.29 is 18.3 Å². The van der Waals surface area contributed by atoms with Gasteiger partial charge < -0.3 is 19.7 Å². The van der Waals surface area contributed by atoms with Crippen LogP contribution in [0.5, 0.6) is 5.75 Å². The van der Waals surface area contributed by atoms with E-state index in [1.54, 1.807) is 24.3 Å². The van der Waals surface area contributed by atoms with Crippen LogP contribution in [0.1, 0.15) is 30.4 Å². The first-order chi connectivity index (χ1) is 16.3. The van der Waals surface area contributed by atoms with E-state index in [2.05, 4.69) is 4.98 Å². The first kappa shape index (κ1) is 25.5. The molecule has 2 aliphatic rings. The third kappa shape index (κ3) is 4.65. The molecule has 1 aliphatic heterocycles. The Morgan fingerprint density at radius 1 is 1.20 bits per heavy atom. The van der Waals surface area contributed by atoms with Gasteiger partial charge in [0.15, 0.2) is 0 Å². The zero-order chi connectivity index (χ0) is 24.0. The van der Waals surface area contributed by atoms with Crippen LogP contribution in [0.25, 0.3) is 10.9 Å². The Kier molecular flexibility index (Phi) is 7.15. The molecule has 0 amide bonds. The summed E-state index contributed by atoms with van der Waals surface area (Å²) in [6.07, 6.45) is 1.01. The van der Waals surface area contributed by atoms with Gasteiger partial charge in [-0.2, -0.15) is 4.31 Å². The van der Waals surface area contributed by atoms with Crippen LogP contribution in [0.4, 0.5) is 5.69 Å². The number of likely N-dealkylation sites (N-methyl/N-ethyl adjacent to an activating group) is 1. The number of para-hydroxylation sites is 1. The number of nitrogens with one attached hydrogen (secondary N) is 1. The number of aromatic nitrogens is 1. The number of hydrogen-bond acceptors (Lipinski definition) is 6. The second-order valence-corrected chi connectivity index (χ2v) is 11.1. The normalized spacial score (nSPS) is 19.9. The molecular formula is C25H30ClN3O5S. The Bertz CT molecular complexity index is 1410. The van der Waals surface area contributed by atoms with E-state index in [0.717, 1.165) is 35.1 Å². The summed E-state index contributed by atoms with van der Waals surface area (Å²) in [6.45, 7) is 2.99. The topological polar surface area (TPSA) is 103 Å². The van der Waals surface area contributed by atoms with Crippen LogP contribution in [0.3, 0.4) is 0 Å². The van der Waals surface area contributed by atoms with Crippen molar-refractivity contribution in [2.45, 2.75) is 49.8 Å². The minimum absolute atomic E-state index is 0. The summed E-state index contributed by atoms with van der Waals surface area (Å²) in [5, 5.41) is 11.5. The molecule has 1 fully saturated rings. The van der Waals surface area contributed by atoms with Crippen molar-refractivity contribution in [3.05, 3.63) is 63.9 Å². The zero-order valence-corrected chi connectivity index (χ0v) is 21.4. The van der Waals surface area contributed by atoms with Gasteiger partial charge in [0.25, 0.3) is 5.56 Å². The summed E-state index contributed by atoms with van der Waals surface area (Å²) in [6, 6.07) is 11.7. The smallest absolute Gasteiger partial charge is 0.252 e. The fourth-order valence-electron chi connectivity index (χ4n) is 4.99. The maximum absolute atomic E-state index is 13.9. The van der Waals surface area contributed by atoms with E-state index in [9.17, 15) is 18.3 Å².